The fourth-order valence-electron chi connectivity index (χ4n) is 2.60. The first-order chi connectivity index (χ1) is 9.81. The van der Waals surface area contributed by atoms with Gasteiger partial charge in [0.2, 0.25) is 0 Å². The number of aliphatic hydroxyl groups excluding tert-OH is 1. The molecular weight excluding hydrogens is 349 g/mol. The molecule has 0 bridgehead atoms. The van der Waals surface area contributed by atoms with Gasteiger partial charge in [0.15, 0.2) is 0 Å². The third kappa shape index (κ3) is 2.93. The zero-order valence-corrected chi connectivity index (χ0v) is 13.5. The normalized spacial score (nSPS) is 21.1. The molecule has 0 aliphatic carbocycles. The lowest BCUT2D eigenvalue weighted by Crippen LogP contribution is -2.46. The fourth-order valence-corrected chi connectivity index (χ4v) is 3.10. The van der Waals surface area contributed by atoms with Crippen molar-refractivity contribution in [3.05, 3.63) is 27.7 Å². The van der Waals surface area contributed by atoms with Crippen LogP contribution in [0.3, 0.4) is 0 Å². The van der Waals surface area contributed by atoms with E-state index in [1.165, 1.54) is 6.92 Å². The maximum Gasteiger partial charge on any atom is 0.141 e. The van der Waals surface area contributed by atoms with Gasteiger partial charge in [0, 0.05) is 16.5 Å². The van der Waals surface area contributed by atoms with Crippen LogP contribution >= 0.6 is 15.9 Å². The molecule has 2 nitrogen and oxygen atoms in total. The van der Waals surface area contributed by atoms with Crippen molar-refractivity contribution in [2.45, 2.75) is 44.1 Å². The highest BCUT2D eigenvalue weighted by Gasteiger charge is 2.45. The first kappa shape index (κ1) is 16.6. The summed E-state index contributed by atoms with van der Waals surface area (Å²) in [5.41, 5.74) is -0.495. The lowest BCUT2D eigenvalue weighted by molar-refractivity contribution is -0.0207. The van der Waals surface area contributed by atoms with Crippen molar-refractivity contribution in [1.82, 2.24) is 0 Å². The average Bonchev–Trinajstić information content (AvgIpc) is 2.91. The van der Waals surface area contributed by atoms with Crippen molar-refractivity contribution in [2.24, 2.45) is 0 Å². The zero-order valence-electron chi connectivity index (χ0n) is 11.9. The number of alkyl halides is 3. The summed E-state index contributed by atoms with van der Waals surface area (Å²) in [6.45, 7) is 1.77. The fraction of sp³-hybridized carbons (Fsp3) is 0.600. The van der Waals surface area contributed by atoms with Crippen molar-refractivity contribution >= 4 is 15.9 Å². The average molecular weight is 367 g/mol. The molecule has 4 unspecified atom stereocenters. The Hall–Kier alpha value is -0.750. The summed E-state index contributed by atoms with van der Waals surface area (Å²) in [6, 6.07) is 3.41. The number of halogens is 4. The van der Waals surface area contributed by atoms with Crippen LogP contribution in [0.15, 0.2) is 16.6 Å². The van der Waals surface area contributed by atoms with Crippen LogP contribution in [0.5, 0.6) is 5.75 Å². The monoisotopic (exact) mass is 366 g/mol. The topological polar surface area (TPSA) is 29.5 Å². The van der Waals surface area contributed by atoms with Gasteiger partial charge in [-0.15, -0.1) is 0 Å². The van der Waals surface area contributed by atoms with Crippen molar-refractivity contribution in [3.8, 4) is 5.75 Å². The molecule has 1 aliphatic heterocycles. The minimum Gasteiger partial charge on any atom is -0.493 e. The van der Waals surface area contributed by atoms with Crippen LogP contribution in [0, 0.1) is 0 Å². The van der Waals surface area contributed by atoms with Crippen LogP contribution in [0.2, 0.25) is 0 Å². The van der Waals surface area contributed by atoms with Crippen molar-refractivity contribution in [1.29, 1.82) is 0 Å². The molecule has 0 saturated carbocycles. The molecule has 0 spiro atoms. The SMILES string of the molecule is CC(F)C(O)C(F)C(C)(CF)c1cc(Br)cc2c1OCC2. The van der Waals surface area contributed by atoms with Gasteiger partial charge in [-0.05, 0) is 31.5 Å². The van der Waals surface area contributed by atoms with Gasteiger partial charge >= 0.3 is 0 Å². The summed E-state index contributed by atoms with van der Waals surface area (Å²) in [5.74, 6) is 0.444. The number of rotatable bonds is 5. The second-order valence-electron chi connectivity index (χ2n) is 5.66. The molecule has 21 heavy (non-hydrogen) atoms. The summed E-state index contributed by atoms with van der Waals surface area (Å²) in [6.07, 6.45) is -5.10. The van der Waals surface area contributed by atoms with E-state index in [0.29, 0.717) is 28.8 Å². The minimum absolute atomic E-state index is 0.319. The van der Waals surface area contributed by atoms with Gasteiger partial charge in [-0.25, -0.2) is 8.78 Å². The highest BCUT2D eigenvalue weighted by atomic mass is 79.9. The lowest BCUT2D eigenvalue weighted by atomic mass is 9.75. The van der Waals surface area contributed by atoms with Crippen LogP contribution in [0.1, 0.15) is 25.0 Å². The van der Waals surface area contributed by atoms with Crippen LogP contribution in [-0.2, 0) is 11.8 Å². The molecule has 1 N–H and O–H groups in total. The van der Waals surface area contributed by atoms with Gasteiger partial charge in [-0.2, -0.15) is 0 Å². The third-order valence-corrected chi connectivity index (χ3v) is 4.48. The molecular formula is C15H18BrF3O2. The Labute approximate surface area is 130 Å². The molecule has 1 aromatic carbocycles. The van der Waals surface area contributed by atoms with E-state index < -0.39 is 30.5 Å². The molecule has 0 fully saturated rings. The largest absolute Gasteiger partial charge is 0.493 e. The van der Waals surface area contributed by atoms with E-state index in [0.717, 1.165) is 12.5 Å². The van der Waals surface area contributed by atoms with Gasteiger partial charge in [-0.1, -0.05) is 15.9 Å². The van der Waals surface area contributed by atoms with E-state index in [-0.39, 0.29) is 0 Å². The van der Waals surface area contributed by atoms with Crippen LogP contribution in [0.4, 0.5) is 13.2 Å². The first-order valence-corrected chi connectivity index (χ1v) is 7.58. The Morgan fingerprint density at radius 1 is 1.43 bits per heavy atom. The first-order valence-electron chi connectivity index (χ1n) is 6.79. The smallest absolute Gasteiger partial charge is 0.141 e. The third-order valence-electron chi connectivity index (χ3n) is 4.02. The number of benzene rings is 1. The van der Waals surface area contributed by atoms with E-state index >= 15 is 0 Å². The Kier molecular flexibility index (Phi) is 4.88. The summed E-state index contributed by atoms with van der Waals surface area (Å²) in [4.78, 5) is 0. The Morgan fingerprint density at radius 3 is 2.67 bits per heavy atom. The zero-order chi connectivity index (χ0) is 15.8. The van der Waals surface area contributed by atoms with E-state index in [1.54, 1.807) is 6.07 Å². The summed E-state index contributed by atoms with van der Waals surface area (Å²) < 4.78 is 47.6. The summed E-state index contributed by atoms with van der Waals surface area (Å²) in [5, 5.41) is 9.67. The number of hydrogen-bond acceptors (Lipinski definition) is 2. The molecule has 1 aliphatic rings. The Bertz CT molecular complexity index is 524. The molecule has 0 amide bonds. The number of fused-ring (bicyclic) bond motifs is 1. The van der Waals surface area contributed by atoms with Crippen LogP contribution in [-0.4, -0.2) is 36.8 Å². The number of ether oxygens (including phenoxy) is 1. The van der Waals surface area contributed by atoms with Gasteiger partial charge in [0.25, 0.3) is 0 Å². The summed E-state index contributed by atoms with van der Waals surface area (Å²) >= 11 is 3.32. The molecule has 118 valence electrons. The predicted molar refractivity (Wildman–Crippen MR) is 78.1 cm³/mol. The molecule has 0 saturated heterocycles. The van der Waals surface area contributed by atoms with Gasteiger partial charge in [0.1, 0.15) is 30.9 Å². The maximum atomic E-state index is 14.6. The standard InChI is InChI=1S/C15H18BrF3O2/c1-8(18)12(20)14(19)15(2,7-17)11-6-10(16)5-9-3-4-21-13(9)11/h5-6,8,12,14,20H,3-4,7H2,1-2H3. The van der Waals surface area contributed by atoms with Crippen molar-refractivity contribution < 1.29 is 23.0 Å². The molecule has 0 aromatic heterocycles. The quantitative estimate of drug-likeness (QED) is 0.861. The Morgan fingerprint density at radius 2 is 2.10 bits per heavy atom. The summed E-state index contributed by atoms with van der Waals surface area (Å²) in [7, 11) is 0. The Balaban J connectivity index is 2.50. The van der Waals surface area contributed by atoms with Gasteiger partial charge in [-0.3, -0.25) is 4.39 Å². The molecule has 0 radical (unpaired) electrons. The molecule has 1 heterocycles. The second kappa shape index (κ2) is 6.16. The molecule has 2 rings (SSSR count). The molecule has 4 atom stereocenters. The van der Waals surface area contributed by atoms with Crippen molar-refractivity contribution in [3.63, 3.8) is 0 Å². The van der Waals surface area contributed by atoms with Crippen molar-refractivity contribution in [2.75, 3.05) is 13.3 Å². The lowest BCUT2D eigenvalue weighted by Gasteiger charge is -2.35. The van der Waals surface area contributed by atoms with Gasteiger partial charge < -0.3 is 9.84 Å². The maximum absolute atomic E-state index is 14.6. The molecule has 1 aromatic rings. The van der Waals surface area contributed by atoms with E-state index in [4.69, 9.17) is 4.74 Å². The molecule has 6 heteroatoms. The highest BCUT2D eigenvalue weighted by molar-refractivity contribution is 9.10. The minimum atomic E-state index is -2.08. The number of hydrogen-bond donors (Lipinski definition) is 1. The van der Waals surface area contributed by atoms with E-state index in [1.807, 2.05) is 6.07 Å². The number of aliphatic hydroxyl groups is 1. The predicted octanol–water partition coefficient (Wildman–Crippen LogP) is 3.67. The van der Waals surface area contributed by atoms with Crippen LogP contribution < -0.4 is 4.74 Å². The highest BCUT2D eigenvalue weighted by Crippen LogP contribution is 2.43. The van der Waals surface area contributed by atoms with E-state index in [2.05, 4.69) is 15.9 Å². The van der Waals surface area contributed by atoms with E-state index in [9.17, 15) is 18.3 Å². The van der Waals surface area contributed by atoms with Gasteiger partial charge in [0.05, 0.1) is 12.0 Å². The van der Waals surface area contributed by atoms with Crippen LogP contribution in [0.25, 0.3) is 0 Å². The second-order valence-corrected chi connectivity index (χ2v) is 6.58.